The zero-order valence-electron chi connectivity index (χ0n) is 22.8. The van der Waals surface area contributed by atoms with E-state index in [0.29, 0.717) is 63.5 Å². The number of alkyl halides is 3. The summed E-state index contributed by atoms with van der Waals surface area (Å²) < 4.78 is 58.3. The lowest BCUT2D eigenvalue weighted by molar-refractivity contribution is -0.154. The fraction of sp³-hybridized carbons (Fsp3) is 0.533. The van der Waals surface area contributed by atoms with Crippen molar-refractivity contribution in [2.45, 2.75) is 63.3 Å². The van der Waals surface area contributed by atoms with Gasteiger partial charge in [-0.15, -0.1) is 0 Å². The third-order valence-electron chi connectivity index (χ3n) is 8.79. The third-order valence-corrected chi connectivity index (χ3v) is 8.79. The topological polar surface area (TPSA) is 74.6 Å². The van der Waals surface area contributed by atoms with E-state index in [2.05, 4.69) is 15.0 Å². The standard InChI is InChI=1S/C30H33F4N3O4/c1-28(27(38)39)8-10-37(11-9-28)26-14-29(41-35-26)16-36(17-29)15-21-12-23(19-2-3-19)24(20-4-6-22(31)7-5-20)13-25(21)40-18-30(32,33)34/h4-7,12-13,19H,2-3,8-11,14-18H2,1H3,(H,38,39). The molecule has 11 heteroatoms. The second-order valence-electron chi connectivity index (χ2n) is 12.2. The molecule has 0 atom stereocenters. The monoisotopic (exact) mass is 575 g/mol. The van der Waals surface area contributed by atoms with E-state index < -0.39 is 29.8 Å². The van der Waals surface area contributed by atoms with E-state index in [9.17, 15) is 27.5 Å². The minimum absolute atomic E-state index is 0.172. The lowest BCUT2D eigenvalue weighted by Crippen LogP contribution is -2.61. The molecule has 1 saturated carbocycles. The summed E-state index contributed by atoms with van der Waals surface area (Å²) in [6, 6.07) is 9.61. The molecule has 1 spiro atoms. The van der Waals surface area contributed by atoms with Crippen LogP contribution in [0, 0.1) is 11.2 Å². The van der Waals surface area contributed by atoms with Crippen LogP contribution in [0.25, 0.3) is 11.1 Å². The van der Waals surface area contributed by atoms with Crippen molar-refractivity contribution in [3.05, 3.63) is 53.3 Å². The third kappa shape index (κ3) is 5.86. The molecular weight excluding hydrogens is 542 g/mol. The molecule has 3 aliphatic heterocycles. The first-order chi connectivity index (χ1) is 19.4. The van der Waals surface area contributed by atoms with Crippen molar-refractivity contribution < 1.29 is 37.0 Å². The molecular formula is C30H33F4N3O4. The van der Waals surface area contributed by atoms with Gasteiger partial charge in [-0.1, -0.05) is 17.3 Å². The Bertz CT molecular complexity index is 1340. The SMILES string of the molecule is CC1(C(=O)O)CCN(C2=NOC3(C2)CN(Cc2cc(C4CC4)c(-c4ccc(F)cc4)cc2OCC(F)(F)F)C3)CC1. The molecule has 220 valence electrons. The van der Waals surface area contributed by atoms with Crippen LogP contribution < -0.4 is 4.74 Å². The Labute approximate surface area is 235 Å². The van der Waals surface area contributed by atoms with Crippen LogP contribution in [-0.2, 0) is 16.2 Å². The Balaban J connectivity index is 1.15. The highest BCUT2D eigenvalue weighted by Crippen LogP contribution is 2.47. The lowest BCUT2D eigenvalue weighted by atomic mass is 9.80. The summed E-state index contributed by atoms with van der Waals surface area (Å²) in [4.78, 5) is 21.6. The second kappa shape index (κ2) is 10.2. The number of benzene rings is 2. The van der Waals surface area contributed by atoms with Crippen molar-refractivity contribution in [1.29, 1.82) is 0 Å². The zero-order valence-corrected chi connectivity index (χ0v) is 22.8. The molecule has 2 aromatic carbocycles. The zero-order chi connectivity index (χ0) is 29.0. The molecule has 0 amide bonds. The van der Waals surface area contributed by atoms with Gasteiger partial charge in [0.25, 0.3) is 0 Å². The molecule has 4 aliphatic rings. The molecule has 2 saturated heterocycles. The number of amidine groups is 1. The molecule has 1 N–H and O–H groups in total. The summed E-state index contributed by atoms with van der Waals surface area (Å²) in [6.07, 6.45) is -0.790. The highest BCUT2D eigenvalue weighted by molar-refractivity contribution is 5.85. The van der Waals surface area contributed by atoms with E-state index >= 15 is 0 Å². The minimum atomic E-state index is -4.48. The van der Waals surface area contributed by atoms with E-state index in [4.69, 9.17) is 9.57 Å². The van der Waals surface area contributed by atoms with Crippen LogP contribution in [-0.4, -0.2) is 71.3 Å². The van der Waals surface area contributed by atoms with Gasteiger partial charge < -0.3 is 19.6 Å². The summed E-state index contributed by atoms with van der Waals surface area (Å²) in [6.45, 7) is 3.13. The first-order valence-electron chi connectivity index (χ1n) is 14.0. The van der Waals surface area contributed by atoms with Gasteiger partial charge in [0.15, 0.2) is 12.2 Å². The molecule has 0 aromatic heterocycles. The lowest BCUT2D eigenvalue weighted by Gasteiger charge is -2.46. The molecule has 7 nitrogen and oxygen atoms in total. The molecule has 41 heavy (non-hydrogen) atoms. The Morgan fingerprint density at radius 2 is 1.83 bits per heavy atom. The number of piperidine rings is 1. The molecule has 0 bridgehead atoms. The first-order valence-corrected chi connectivity index (χ1v) is 14.0. The minimum Gasteiger partial charge on any atom is -0.484 e. The molecule has 3 heterocycles. The van der Waals surface area contributed by atoms with E-state index in [1.54, 1.807) is 25.1 Å². The number of carboxylic acids is 1. The Morgan fingerprint density at radius 1 is 1.15 bits per heavy atom. The fourth-order valence-electron chi connectivity index (χ4n) is 6.11. The number of nitrogens with zero attached hydrogens (tertiary/aromatic N) is 3. The normalized spacial score (nSPS) is 21.8. The summed E-state index contributed by atoms with van der Waals surface area (Å²) >= 11 is 0. The number of carbonyl (C=O) groups is 1. The number of halogens is 4. The van der Waals surface area contributed by atoms with Gasteiger partial charge >= 0.3 is 12.1 Å². The van der Waals surface area contributed by atoms with Crippen molar-refractivity contribution >= 4 is 11.8 Å². The van der Waals surface area contributed by atoms with Gasteiger partial charge in [-0.2, -0.15) is 13.2 Å². The van der Waals surface area contributed by atoms with E-state index in [1.807, 2.05) is 6.07 Å². The van der Waals surface area contributed by atoms with Crippen LogP contribution in [0.1, 0.15) is 56.1 Å². The van der Waals surface area contributed by atoms with Crippen LogP contribution in [0.2, 0.25) is 0 Å². The van der Waals surface area contributed by atoms with Crippen molar-refractivity contribution in [2.75, 3.05) is 32.8 Å². The Hall–Kier alpha value is -3.34. The molecule has 3 fully saturated rings. The van der Waals surface area contributed by atoms with Crippen molar-refractivity contribution in [2.24, 2.45) is 10.6 Å². The van der Waals surface area contributed by atoms with Crippen molar-refractivity contribution in [3.63, 3.8) is 0 Å². The molecule has 0 unspecified atom stereocenters. The quantitative estimate of drug-likeness (QED) is 0.422. The highest BCUT2D eigenvalue weighted by Gasteiger charge is 2.51. The number of likely N-dealkylation sites (tertiary alicyclic amines) is 2. The summed E-state index contributed by atoms with van der Waals surface area (Å²) in [5, 5.41) is 13.8. The van der Waals surface area contributed by atoms with Crippen LogP contribution in [0.15, 0.2) is 41.6 Å². The van der Waals surface area contributed by atoms with E-state index in [-0.39, 0.29) is 11.6 Å². The maximum Gasteiger partial charge on any atom is 0.422 e. The number of aliphatic carboxylic acids is 1. The number of rotatable bonds is 7. The predicted molar refractivity (Wildman–Crippen MR) is 143 cm³/mol. The smallest absolute Gasteiger partial charge is 0.422 e. The number of hydrogen-bond acceptors (Lipinski definition) is 6. The average Bonchev–Trinajstić information content (AvgIpc) is 3.66. The Morgan fingerprint density at radius 3 is 2.44 bits per heavy atom. The van der Waals surface area contributed by atoms with Crippen LogP contribution in [0.5, 0.6) is 5.75 Å². The maximum absolute atomic E-state index is 13.6. The van der Waals surface area contributed by atoms with Gasteiger partial charge in [-0.25, -0.2) is 4.39 Å². The molecule has 6 rings (SSSR count). The highest BCUT2D eigenvalue weighted by atomic mass is 19.4. The molecule has 0 radical (unpaired) electrons. The van der Waals surface area contributed by atoms with Crippen molar-refractivity contribution in [1.82, 2.24) is 9.80 Å². The van der Waals surface area contributed by atoms with Crippen LogP contribution in [0.3, 0.4) is 0 Å². The van der Waals surface area contributed by atoms with Crippen LogP contribution >= 0.6 is 0 Å². The molecule has 2 aromatic rings. The fourth-order valence-corrected chi connectivity index (χ4v) is 6.11. The summed E-state index contributed by atoms with van der Waals surface area (Å²) in [5.41, 5.74) is 2.03. The van der Waals surface area contributed by atoms with Gasteiger partial charge in [0.05, 0.1) is 11.8 Å². The number of hydrogen-bond donors (Lipinski definition) is 1. The van der Waals surface area contributed by atoms with Gasteiger partial charge in [0.1, 0.15) is 17.4 Å². The van der Waals surface area contributed by atoms with Gasteiger partial charge in [0.2, 0.25) is 0 Å². The van der Waals surface area contributed by atoms with Gasteiger partial charge in [-0.05, 0) is 79.5 Å². The largest absolute Gasteiger partial charge is 0.484 e. The summed E-state index contributed by atoms with van der Waals surface area (Å²) in [7, 11) is 0. The molecule has 1 aliphatic carbocycles. The maximum atomic E-state index is 13.6. The number of ether oxygens (including phenoxy) is 1. The van der Waals surface area contributed by atoms with Crippen molar-refractivity contribution in [3.8, 4) is 16.9 Å². The Kier molecular flexibility index (Phi) is 6.91. The summed E-state index contributed by atoms with van der Waals surface area (Å²) in [5.74, 6) is 0.160. The average molecular weight is 576 g/mol. The van der Waals surface area contributed by atoms with Crippen LogP contribution in [0.4, 0.5) is 17.6 Å². The first kappa shape index (κ1) is 27.8. The number of carboxylic acid groups (broad SMARTS) is 1. The van der Waals surface area contributed by atoms with E-state index in [1.165, 1.54) is 12.1 Å². The second-order valence-corrected chi connectivity index (χ2v) is 12.2. The predicted octanol–water partition coefficient (Wildman–Crippen LogP) is 5.79. The van der Waals surface area contributed by atoms with E-state index in [0.717, 1.165) is 35.4 Å². The number of oxime groups is 1. The van der Waals surface area contributed by atoms with Gasteiger partial charge in [-0.3, -0.25) is 9.69 Å². The van der Waals surface area contributed by atoms with Gasteiger partial charge in [0, 0.05) is 38.3 Å².